The van der Waals surface area contributed by atoms with E-state index in [1.807, 2.05) is 29.2 Å². The lowest BCUT2D eigenvalue weighted by atomic mass is 10.00. The van der Waals surface area contributed by atoms with E-state index in [-0.39, 0.29) is 18.3 Å². The summed E-state index contributed by atoms with van der Waals surface area (Å²) < 4.78 is 22.1. The Labute approximate surface area is 226 Å². The van der Waals surface area contributed by atoms with Gasteiger partial charge in [-0.2, -0.15) is 0 Å². The number of nitrogens with zero attached hydrogens (tertiary/aromatic N) is 2. The van der Waals surface area contributed by atoms with Gasteiger partial charge in [-0.05, 0) is 91.2 Å². The minimum Gasteiger partial charge on any atom is -0.497 e. The molecule has 1 aliphatic heterocycles. The third kappa shape index (κ3) is 5.58. The van der Waals surface area contributed by atoms with Crippen molar-refractivity contribution in [2.75, 3.05) is 55.6 Å². The Morgan fingerprint density at radius 1 is 1.00 bits per heavy atom. The first-order valence-electron chi connectivity index (χ1n) is 12.2. The average Bonchev–Trinajstić information content (AvgIpc) is 3.48. The van der Waals surface area contributed by atoms with Crippen molar-refractivity contribution in [3.05, 3.63) is 52.6 Å². The van der Waals surface area contributed by atoms with Gasteiger partial charge in [0, 0.05) is 19.1 Å². The van der Waals surface area contributed by atoms with Gasteiger partial charge in [-0.15, -0.1) is 12.4 Å². The summed E-state index contributed by atoms with van der Waals surface area (Å²) in [5, 5.41) is 0. The third-order valence-electron chi connectivity index (χ3n) is 7.27. The summed E-state index contributed by atoms with van der Waals surface area (Å²) in [7, 11) is 10.6. The number of methoxy groups -OCH3 is 4. The maximum atomic E-state index is 13.4. The molecule has 2 aromatic rings. The van der Waals surface area contributed by atoms with Gasteiger partial charge in [0.2, 0.25) is 11.7 Å². The molecule has 1 amide bonds. The van der Waals surface area contributed by atoms with Crippen LogP contribution in [0.2, 0.25) is 0 Å². The Balaban J connectivity index is 0.00000380. The van der Waals surface area contributed by atoms with Crippen LogP contribution in [-0.2, 0) is 4.79 Å². The Bertz CT molecular complexity index is 1200. The highest BCUT2D eigenvalue weighted by Gasteiger charge is 2.31. The van der Waals surface area contributed by atoms with E-state index in [1.54, 1.807) is 28.4 Å². The lowest BCUT2D eigenvalue weighted by molar-refractivity contribution is -0.129. The molecular formula is C29H37ClN2O5. The van der Waals surface area contributed by atoms with Crippen LogP contribution in [0.3, 0.4) is 0 Å². The zero-order chi connectivity index (χ0) is 26.0. The van der Waals surface area contributed by atoms with Gasteiger partial charge in [-0.3, -0.25) is 4.79 Å². The fourth-order valence-electron chi connectivity index (χ4n) is 5.12. The number of carbonyl (C=O) groups is 1. The molecule has 0 N–H and O–H groups in total. The van der Waals surface area contributed by atoms with Crippen molar-refractivity contribution in [1.82, 2.24) is 9.80 Å². The number of fused-ring (bicyclic) bond motifs is 1. The average molecular weight is 529 g/mol. The monoisotopic (exact) mass is 528 g/mol. The molecule has 0 saturated carbocycles. The topological polar surface area (TPSA) is 60.5 Å². The lowest BCUT2D eigenvalue weighted by Gasteiger charge is -2.21. The van der Waals surface area contributed by atoms with Crippen molar-refractivity contribution in [2.24, 2.45) is 0 Å². The van der Waals surface area contributed by atoms with Crippen molar-refractivity contribution in [2.45, 2.75) is 25.8 Å². The minimum absolute atomic E-state index is 0. The Hall–Kier alpha value is -3.16. The fraction of sp³-hybridized carbons (Fsp3) is 0.414. The molecular weight excluding hydrogens is 492 g/mol. The third-order valence-corrected chi connectivity index (χ3v) is 7.27. The number of carbonyl (C=O) groups excluding carboxylic acids is 1. The predicted octanol–water partition coefficient (Wildman–Crippen LogP) is 5.02. The summed E-state index contributed by atoms with van der Waals surface area (Å²) in [6.45, 7) is 3.66. The van der Waals surface area contributed by atoms with Crippen LogP contribution >= 0.6 is 12.4 Å². The maximum Gasteiger partial charge on any atom is 0.227 e. The number of benzene rings is 2. The van der Waals surface area contributed by atoms with Crippen LogP contribution in [-0.4, -0.2) is 77.4 Å². The number of amides is 1. The first kappa shape index (κ1) is 28.4. The molecule has 0 radical (unpaired) electrons. The number of rotatable bonds is 8. The highest BCUT2D eigenvalue weighted by atomic mass is 35.5. The molecule has 1 atom stereocenters. The van der Waals surface area contributed by atoms with Crippen LogP contribution in [0.1, 0.15) is 36.5 Å². The van der Waals surface area contributed by atoms with E-state index >= 15 is 0 Å². The van der Waals surface area contributed by atoms with Gasteiger partial charge < -0.3 is 28.7 Å². The second-order valence-electron chi connectivity index (χ2n) is 9.45. The zero-order valence-electron chi connectivity index (χ0n) is 22.7. The Morgan fingerprint density at radius 2 is 1.68 bits per heavy atom. The molecule has 0 spiro atoms. The molecule has 37 heavy (non-hydrogen) atoms. The van der Waals surface area contributed by atoms with E-state index in [2.05, 4.69) is 38.1 Å². The molecule has 1 fully saturated rings. The first-order valence-corrected chi connectivity index (χ1v) is 12.2. The number of allylic oxidation sites excluding steroid dienone is 2. The van der Waals surface area contributed by atoms with Crippen molar-refractivity contribution in [3.63, 3.8) is 0 Å². The maximum absolute atomic E-state index is 13.4. The van der Waals surface area contributed by atoms with Crippen LogP contribution in [0.4, 0.5) is 0 Å². The molecule has 1 aliphatic carbocycles. The minimum atomic E-state index is 0. The summed E-state index contributed by atoms with van der Waals surface area (Å²) >= 11 is 0. The second-order valence-corrected chi connectivity index (χ2v) is 9.45. The Morgan fingerprint density at radius 3 is 2.22 bits per heavy atom. The van der Waals surface area contributed by atoms with Gasteiger partial charge in [0.25, 0.3) is 0 Å². The summed E-state index contributed by atoms with van der Waals surface area (Å²) in [5.41, 5.74) is 6.24. The smallest absolute Gasteiger partial charge is 0.227 e. The number of hydrogen-bond acceptors (Lipinski definition) is 6. The van der Waals surface area contributed by atoms with E-state index in [4.69, 9.17) is 18.9 Å². The summed E-state index contributed by atoms with van der Waals surface area (Å²) in [6, 6.07) is 10.3. The molecule has 200 valence electrons. The largest absolute Gasteiger partial charge is 0.497 e. The van der Waals surface area contributed by atoms with E-state index in [1.165, 1.54) is 0 Å². The van der Waals surface area contributed by atoms with Gasteiger partial charge >= 0.3 is 0 Å². The molecule has 1 saturated heterocycles. The number of hydrogen-bond donors (Lipinski definition) is 0. The van der Waals surface area contributed by atoms with Crippen molar-refractivity contribution < 1.29 is 23.7 Å². The summed E-state index contributed by atoms with van der Waals surface area (Å²) in [5.74, 6) is 2.68. The van der Waals surface area contributed by atoms with Crippen molar-refractivity contribution in [1.29, 1.82) is 0 Å². The molecule has 8 heteroatoms. The number of likely N-dealkylation sites (tertiary alicyclic amines) is 1. The van der Waals surface area contributed by atoms with Gasteiger partial charge in [0.1, 0.15) is 5.75 Å². The first-order chi connectivity index (χ1) is 17.3. The Kier molecular flexibility index (Phi) is 9.16. The normalized spacial score (nSPS) is 17.7. The molecule has 0 aromatic heterocycles. The van der Waals surface area contributed by atoms with E-state index in [9.17, 15) is 4.79 Å². The zero-order valence-corrected chi connectivity index (χ0v) is 23.5. The fourth-order valence-corrected chi connectivity index (χ4v) is 5.12. The van der Waals surface area contributed by atoms with Gasteiger partial charge in [0.15, 0.2) is 11.5 Å². The molecule has 0 bridgehead atoms. The number of halogens is 1. The van der Waals surface area contributed by atoms with E-state index in [0.29, 0.717) is 29.7 Å². The van der Waals surface area contributed by atoms with Crippen LogP contribution in [0.15, 0.2) is 35.9 Å². The number of ether oxygens (including phenoxy) is 4. The van der Waals surface area contributed by atoms with Gasteiger partial charge in [0.05, 0.1) is 34.9 Å². The lowest BCUT2D eigenvalue weighted by Crippen LogP contribution is -2.34. The predicted molar refractivity (Wildman–Crippen MR) is 150 cm³/mol. The molecule has 1 heterocycles. The molecule has 2 aromatic carbocycles. The summed E-state index contributed by atoms with van der Waals surface area (Å²) in [4.78, 5) is 17.5. The van der Waals surface area contributed by atoms with Crippen LogP contribution in [0, 0.1) is 0 Å². The van der Waals surface area contributed by atoms with Crippen LogP contribution in [0.25, 0.3) is 17.2 Å². The van der Waals surface area contributed by atoms with Gasteiger partial charge in [-0.25, -0.2) is 0 Å². The summed E-state index contributed by atoms with van der Waals surface area (Å²) in [6.07, 6.45) is 3.48. The van der Waals surface area contributed by atoms with E-state index in [0.717, 1.165) is 58.7 Å². The van der Waals surface area contributed by atoms with Crippen molar-refractivity contribution >= 4 is 35.5 Å². The standard InChI is InChI=1S/C29H36N2O5.ClH/c1-18-23(12-19-13-26(34-5)29(36-7)27(14-19)35-6)22-9-8-21(33-4)15-25(22)24(18)16-28(32)31-11-10-20(17-31)30(2)3;/h8-9,12-15,20H,10-11,16-17H2,1-7H3;1H/b23-12+;. The molecule has 1 unspecified atom stereocenters. The molecule has 4 rings (SSSR count). The molecule has 2 aliphatic rings. The van der Waals surface area contributed by atoms with E-state index < -0.39 is 0 Å². The van der Waals surface area contributed by atoms with Crippen LogP contribution < -0.4 is 18.9 Å². The highest BCUT2D eigenvalue weighted by molar-refractivity contribution is 6.08. The second kappa shape index (κ2) is 11.9. The highest BCUT2D eigenvalue weighted by Crippen LogP contribution is 2.46. The van der Waals surface area contributed by atoms with Crippen LogP contribution in [0.5, 0.6) is 23.0 Å². The molecule has 7 nitrogen and oxygen atoms in total. The van der Waals surface area contributed by atoms with Crippen molar-refractivity contribution in [3.8, 4) is 23.0 Å². The quantitative estimate of drug-likeness (QED) is 0.479. The SMILES string of the molecule is COc1ccc2c(c1)C(CC(=O)N1CCC(N(C)C)C1)=C(C)/C2=C\c1cc(OC)c(OC)c(OC)c1.Cl. The number of likely N-dealkylation sites (N-methyl/N-ethyl adjacent to an activating group) is 1. The van der Waals surface area contributed by atoms with Gasteiger partial charge in [-0.1, -0.05) is 6.07 Å².